The predicted molar refractivity (Wildman–Crippen MR) is 74.7 cm³/mol. The maximum absolute atomic E-state index is 13.1. The van der Waals surface area contributed by atoms with Gasteiger partial charge in [0.25, 0.3) is 0 Å². The molecule has 1 aromatic rings. The summed E-state index contributed by atoms with van der Waals surface area (Å²) in [6.45, 7) is 5.60. The molecule has 3 heteroatoms. The molecule has 0 saturated carbocycles. The van der Waals surface area contributed by atoms with Crippen LogP contribution in [-0.4, -0.2) is 13.6 Å². The summed E-state index contributed by atoms with van der Waals surface area (Å²) in [5, 5.41) is 3.18. The van der Waals surface area contributed by atoms with Crippen LogP contribution >= 0.6 is 15.9 Å². The lowest BCUT2D eigenvalue weighted by molar-refractivity contribution is 0.305. The number of rotatable bonds is 6. The molecule has 0 amide bonds. The molecule has 0 aromatic heterocycles. The molecule has 0 spiro atoms. The third-order valence-electron chi connectivity index (χ3n) is 3.13. The Kier molecular flexibility index (Phi) is 5.60. The molecule has 1 N–H and O–H groups in total. The van der Waals surface area contributed by atoms with E-state index in [9.17, 15) is 4.39 Å². The summed E-state index contributed by atoms with van der Waals surface area (Å²) >= 11 is 3.22. The van der Waals surface area contributed by atoms with Gasteiger partial charge in [-0.3, -0.25) is 0 Å². The smallest absolute Gasteiger partial charge is 0.137 e. The van der Waals surface area contributed by atoms with Crippen LogP contribution in [0.1, 0.15) is 32.3 Å². The van der Waals surface area contributed by atoms with Crippen molar-refractivity contribution in [2.45, 2.75) is 33.1 Å². The lowest BCUT2D eigenvalue weighted by Gasteiger charge is -2.24. The number of nitrogens with one attached hydrogen (secondary N) is 1. The van der Waals surface area contributed by atoms with Crippen molar-refractivity contribution in [2.75, 3.05) is 13.6 Å². The minimum atomic E-state index is -0.191. The quantitative estimate of drug-likeness (QED) is 0.832. The Morgan fingerprint density at radius 3 is 2.59 bits per heavy atom. The summed E-state index contributed by atoms with van der Waals surface area (Å²) in [5.41, 5.74) is 1.51. The van der Waals surface area contributed by atoms with Crippen LogP contribution in [-0.2, 0) is 6.42 Å². The molecule has 0 saturated heterocycles. The van der Waals surface area contributed by atoms with Gasteiger partial charge in [-0.2, -0.15) is 0 Å². The van der Waals surface area contributed by atoms with Gasteiger partial charge in [-0.05, 0) is 71.9 Å². The Labute approximate surface area is 112 Å². The number of hydrogen-bond acceptors (Lipinski definition) is 1. The predicted octanol–water partition coefficient (Wildman–Crippen LogP) is 4.16. The van der Waals surface area contributed by atoms with Gasteiger partial charge >= 0.3 is 0 Å². The highest BCUT2D eigenvalue weighted by Crippen LogP contribution is 2.27. The van der Waals surface area contributed by atoms with Crippen molar-refractivity contribution < 1.29 is 4.39 Å². The monoisotopic (exact) mass is 301 g/mol. The highest BCUT2D eigenvalue weighted by molar-refractivity contribution is 9.10. The zero-order valence-corrected chi connectivity index (χ0v) is 12.4. The Morgan fingerprint density at radius 2 is 2.00 bits per heavy atom. The molecule has 96 valence electrons. The first-order valence-corrected chi connectivity index (χ1v) is 6.82. The third kappa shape index (κ3) is 5.17. The highest BCUT2D eigenvalue weighted by atomic mass is 79.9. The molecule has 0 unspecified atom stereocenters. The molecule has 1 nitrogen and oxygen atoms in total. The van der Waals surface area contributed by atoms with E-state index in [-0.39, 0.29) is 5.82 Å². The van der Waals surface area contributed by atoms with Gasteiger partial charge in [-0.15, -0.1) is 0 Å². The van der Waals surface area contributed by atoms with Crippen LogP contribution in [0.3, 0.4) is 0 Å². The molecule has 0 aliphatic rings. The van der Waals surface area contributed by atoms with Crippen LogP contribution in [0.5, 0.6) is 0 Å². The van der Waals surface area contributed by atoms with Crippen LogP contribution in [0.2, 0.25) is 0 Å². The van der Waals surface area contributed by atoms with Gasteiger partial charge in [0, 0.05) is 0 Å². The Morgan fingerprint density at radius 1 is 1.29 bits per heavy atom. The van der Waals surface area contributed by atoms with Crippen molar-refractivity contribution in [1.29, 1.82) is 0 Å². The number of aryl methyl sites for hydroxylation is 1. The highest BCUT2D eigenvalue weighted by Gasteiger charge is 2.17. The van der Waals surface area contributed by atoms with Gasteiger partial charge in [0.1, 0.15) is 5.82 Å². The van der Waals surface area contributed by atoms with Crippen LogP contribution in [0, 0.1) is 11.2 Å². The molecule has 0 heterocycles. The molecule has 17 heavy (non-hydrogen) atoms. The van der Waals surface area contributed by atoms with Crippen molar-refractivity contribution in [3.05, 3.63) is 34.1 Å². The second-order valence-electron chi connectivity index (χ2n) is 5.27. The molecule has 0 fully saturated rings. The molecule has 0 aliphatic carbocycles. The minimum absolute atomic E-state index is 0.191. The fourth-order valence-electron chi connectivity index (χ4n) is 1.77. The van der Waals surface area contributed by atoms with Crippen molar-refractivity contribution in [3.63, 3.8) is 0 Å². The number of halogens is 2. The van der Waals surface area contributed by atoms with E-state index in [4.69, 9.17) is 0 Å². The second kappa shape index (κ2) is 6.50. The zero-order chi connectivity index (χ0) is 12.9. The zero-order valence-electron chi connectivity index (χ0n) is 10.8. The van der Waals surface area contributed by atoms with E-state index in [1.165, 1.54) is 11.6 Å². The van der Waals surface area contributed by atoms with Gasteiger partial charge in [-0.25, -0.2) is 4.39 Å². The average Bonchev–Trinajstić information content (AvgIpc) is 2.28. The van der Waals surface area contributed by atoms with Crippen molar-refractivity contribution >= 4 is 15.9 Å². The van der Waals surface area contributed by atoms with Gasteiger partial charge < -0.3 is 5.32 Å². The number of hydrogen-bond donors (Lipinski definition) is 1. The summed E-state index contributed by atoms with van der Waals surface area (Å²) in [4.78, 5) is 0. The van der Waals surface area contributed by atoms with E-state index in [0.29, 0.717) is 9.89 Å². The average molecular weight is 302 g/mol. The Bertz CT molecular complexity index is 363. The maximum Gasteiger partial charge on any atom is 0.137 e. The lowest BCUT2D eigenvalue weighted by atomic mass is 9.83. The topological polar surface area (TPSA) is 12.0 Å². The molecule has 0 atom stereocenters. The summed E-state index contributed by atoms with van der Waals surface area (Å²) in [5.74, 6) is -0.191. The lowest BCUT2D eigenvalue weighted by Crippen LogP contribution is -2.20. The SMILES string of the molecule is CNCCC(C)(C)CCc1ccc(F)c(Br)c1. The summed E-state index contributed by atoms with van der Waals surface area (Å²) in [6, 6.07) is 5.28. The fourth-order valence-corrected chi connectivity index (χ4v) is 2.19. The van der Waals surface area contributed by atoms with Crippen LogP contribution < -0.4 is 5.32 Å². The standard InChI is InChI=1S/C14H21BrFN/c1-14(2,8-9-17-3)7-6-11-4-5-13(16)12(15)10-11/h4-5,10,17H,6-9H2,1-3H3. The van der Waals surface area contributed by atoms with Gasteiger partial charge in [0.15, 0.2) is 0 Å². The van der Waals surface area contributed by atoms with Crippen molar-refractivity contribution in [1.82, 2.24) is 5.32 Å². The molecule has 0 aliphatic heterocycles. The fraction of sp³-hybridized carbons (Fsp3) is 0.571. The molecule has 1 aromatic carbocycles. The van der Waals surface area contributed by atoms with E-state index in [1.54, 1.807) is 0 Å². The van der Waals surface area contributed by atoms with E-state index in [2.05, 4.69) is 35.1 Å². The molecule has 1 rings (SSSR count). The molecular formula is C14H21BrFN. The van der Waals surface area contributed by atoms with Crippen molar-refractivity contribution in [2.24, 2.45) is 5.41 Å². The van der Waals surface area contributed by atoms with Crippen LogP contribution in [0.15, 0.2) is 22.7 Å². The van der Waals surface area contributed by atoms with Gasteiger partial charge in [-0.1, -0.05) is 19.9 Å². The van der Waals surface area contributed by atoms with E-state index in [1.807, 2.05) is 19.2 Å². The Balaban J connectivity index is 2.51. The third-order valence-corrected chi connectivity index (χ3v) is 3.73. The van der Waals surface area contributed by atoms with E-state index < -0.39 is 0 Å². The van der Waals surface area contributed by atoms with Crippen molar-refractivity contribution in [3.8, 4) is 0 Å². The first-order valence-electron chi connectivity index (χ1n) is 6.03. The van der Waals surface area contributed by atoms with Gasteiger partial charge in [0.05, 0.1) is 4.47 Å². The summed E-state index contributed by atoms with van der Waals surface area (Å²) < 4.78 is 13.6. The summed E-state index contributed by atoms with van der Waals surface area (Å²) in [7, 11) is 1.98. The van der Waals surface area contributed by atoms with E-state index in [0.717, 1.165) is 25.8 Å². The molecule has 0 radical (unpaired) electrons. The van der Waals surface area contributed by atoms with E-state index >= 15 is 0 Å². The normalized spacial score (nSPS) is 11.8. The number of benzene rings is 1. The largest absolute Gasteiger partial charge is 0.320 e. The Hall–Kier alpha value is -0.410. The van der Waals surface area contributed by atoms with Crippen LogP contribution in [0.4, 0.5) is 4.39 Å². The second-order valence-corrected chi connectivity index (χ2v) is 6.12. The maximum atomic E-state index is 13.1. The minimum Gasteiger partial charge on any atom is -0.320 e. The van der Waals surface area contributed by atoms with Gasteiger partial charge in [0.2, 0.25) is 0 Å². The van der Waals surface area contributed by atoms with Crippen LogP contribution in [0.25, 0.3) is 0 Å². The molecule has 0 bridgehead atoms. The summed E-state index contributed by atoms with van der Waals surface area (Å²) in [6.07, 6.45) is 3.27. The molecular weight excluding hydrogens is 281 g/mol. The first-order chi connectivity index (χ1) is 7.94. The first kappa shape index (κ1) is 14.7.